The van der Waals surface area contributed by atoms with Crippen LogP contribution in [0, 0.1) is 0 Å². The molecule has 1 aliphatic rings. The van der Waals surface area contributed by atoms with Crippen LogP contribution in [-0.2, 0) is 11.3 Å². The summed E-state index contributed by atoms with van der Waals surface area (Å²) in [5.74, 6) is 0.684. The van der Waals surface area contributed by atoms with Gasteiger partial charge in [0.1, 0.15) is 18.0 Å². The van der Waals surface area contributed by atoms with Crippen molar-refractivity contribution in [3.8, 4) is 5.75 Å². The van der Waals surface area contributed by atoms with Gasteiger partial charge < -0.3 is 14.8 Å². The lowest BCUT2D eigenvalue weighted by atomic mass is 10.2. The van der Waals surface area contributed by atoms with E-state index in [1.165, 1.54) is 10.5 Å². The van der Waals surface area contributed by atoms with Crippen LogP contribution in [0.15, 0.2) is 47.4 Å². The van der Waals surface area contributed by atoms with Crippen molar-refractivity contribution >= 4 is 34.5 Å². The Hall–Kier alpha value is -2.28. The number of rotatable bonds is 6. The van der Waals surface area contributed by atoms with Gasteiger partial charge in [0.15, 0.2) is 0 Å². The molecule has 4 rings (SSSR count). The summed E-state index contributed by atoms with van der Waals surface area (Å²) in [7, 11) is 0. The van der Waals surface area contributed by atoms with E-state index in [1.54, 1.807) is 30.5 Å². The van der Waals surface area contributed by atoms with Crippen LogP contribution in [0.3, 0.4) is 0 Å². The van der Waals surface area contributed by atoms with Crippen LogP contribution in [0.4, 0.5) is 5.69 Å². The minimum Gasteiger partial charge on any atom is -0.489 e. The molecule has 0 spiro atoms. The quantitative estimate of drug-likeness (QED) is 0.649. The molecule has 146 valence electrons. The number of fused-ring (bicyclic) bond motifs is 1. The number of ether oxygens (including phenoxy) is 2. The molecule has 1 aromatic carbocycles. The second-order valence-electron chi connectivity index (χ2n) is 6.60. The van der Waals surface area contributed by atoms with E-state index in [2.05, 4.69) is 10.3 Å². The van der Waals surface area contributed by atoms with Crippen molar-refractivity contribution < 1.29 is 9.47 Å². The maximum absolute atomic E-state index is 12.3. The molecular weight excluding hydrogens is 401 g/mol. The average molecular weight is 420 g/mol. The average Bonchev–Trinajstić information content (AvgIpc) is 3.20. The second kappa shape index (κ2) is 8.39. The van der Waals surface area contributed by atoms with E-state index in [0.29, 0.717) is 40.3 Å². The Morgan fingerprint density at radius 3 is 2.89 bits per heavy atom. The maximum Gasteiger partial charge on any atom is 0.258 e. The first-order valence-corrected chi connectivity index (χ1v) is 9.80. The van der Waals surface area contributed by atoms with E-state index < -0.39 is 0 Å². The van der Waals surface area contributed by atoms with Gasteiger partial charge in [-0.1, -0.05) is 23.2 Å². The van der Waals surface area contributed by atoms with Gasteiger partial charge in [-0.05, 0) is 43.2 Å². The lowest BCUT2D eigenvalue weighted by molar-refractivity contribution is 0.0682. The van der Waals surface area contributed by atoms with E-state index in [0.717, 1.165) is 25.1 Å². The number of pyridine rings is 1. The topological polar surface area (TPSA) is 64.9 Å². The van der Waals surface area contributed by atoms with Crippen LogP contribution in [0.5, 0.6) is 5.75 Å². The fourth-order valence-corrected chi connectivity index (χ4v) is 3.46. The number of nitrogens with zero attached hydrogens (tertiary/aromatic N) is 2. The molecule has 2 aromatic heterocycles. The fraction of sp³-hybridized carbons (Fsp3) is 0.300. The highest BCUT2D eigenvalue weighted by Crippen LogP contribution is 2.29. The Kier molecular flexibility index (Phi) is 5.71. The van der Waals surface area contributed by atoms with Gasteiger partial charge >= 0.3 is 0 Å². The molecule has 0 aliphatic carbocycles. The summed E-state index contributed by atoms with van der Waals surface area (Å²) in [4.78, 5) is 16.8. The molecule has 28 heavy (non-hydrogen) atoms. The monoisotopic (exact) mass is 419 g/mol. The molecule has 3 aromatic rings. The minimum absolute atomic E-state index is 0.123. The summed E-state index contributed by atoms with van der Waals surface area (Å²) in [5.41, 5.74) is 1.70. The number of benzene rings is 1. The number of halogens is 2. The van der Waals surface area contributed by atoms with Gasteiger partial charge in [0.25, 0.3) is 5.56 Å². The van der Waals surface area contributed by atoms with Gasteiger partial charge in [0.2, 0.25) is 0 Å². The number of hydrogen-bond acceptors (Lipinski definition) is 5. The van der Waals surface area contributed by atoms with Crippen molar-refractivity contribution in [3.63, 3.8) is 0 Å². The first-order chi connectivity index (χ1) is 13.6. The Morgan fingerprint density at radius 2 is 2.07 bits per heavy atom. The fourth-order valence-electron chi connectivity index (χ4n) is 3.13. The Labute approximate surface area is 172 Å². The van der Waals surface area contributed by atoms with Crippen LogP contribution < -0.4 is 15.6 Å². The maximum atomic E-state index is 12.3. The normalized spacial score (nSPS) is 16.4. The first-order valence-electron chi connectivity index (χ1n) is 9.04. The number of aromatic nitrogens is 2. The van der Waals surface area contributed by atoms with Crippen LogP contribution in [-0.4, -0.2) is 28.7 Å². The van der Waals surface area contributed by atoms with Gasteiger partial charge in [0, 0.05) is 23.9 Å². The third-order valence-electron chi connectivity index (χ3n) is 4.53. The third-order valence-corrected chi connectivity index (χ3v) is 4.99. The van der Waals surface area contributed by atoms with Gasteiger partial charge in [-0.25, -0.2) is 4.98 Å². The zero-order valence-corrected chi connectivity index (χ0v) is 16.5. The summed E-state index contributed by atoms with van der Waals surface area (Å²) in [6.45, 7) is 1.63. The van der Waals surface area contributed by atoms with Crippen molar-refractivity contribution in [2.45, 2.75) is 25.5 Å². The molecule has 8 heteroatoms. The number of nitrogens with one attached hydrogen (secondary N) is 1. The van der Waals surface area contributed by atoms with Crippen LogP contribution >= 0.6 is 23.2 Å². The lowest BCUT2D eigenvalue weighted by Crippen LogP contribution is -2.18. The van der Waals surface area contributed by atoms with E-state index in [4.69, 9.17) is 32.7 Å². The molecule has 0 radical (unpaired) electrons. The predicted molar refractivity (Wildman–Crippen MR) is 110 cm³/mol. The number of hydrogen-bond donors (Lipinski definition) is 1. The highest BCUT2D eigenvalue weighted by Gasteiger charge is 2.17. The van der Waals surface area contributed by atoms with E-state index in [9.17, 15) is 4.79 Å². The van der Waals surface area contributed by atoms with Gasteiger partial charge in [-0.3, -0.25) is 9.20 Å². The number of anilines is 1. The van der Waals surface area contributed by atoms with Gasteiger partial charge in [0.05, 0.1) is 29.1 Å². The molecular formula is C20H19Cl2N3O3. The summed E-state index contributed by atoms with van der Waals surface area (Å²) in [6.07, 6.45) is 3.74. The smallest absolute Gasteiger partial charge is 0.258 e. The molecule has 1 N–H and O–H groups in total. The van der Waals surface area contributed by atoms with Crippen LogP contribution in [0.25, 0.3) is 5.65 Å². The summed E-state index contributed by atoms with van der Waals surface area (Å²) >= 11 is 12.1. The van der Waals surface area contributed by atoms with Crippen LogP contribution in [0.2, 0.25) is 10.0 Å². The predicted octanol–water partition coefficient (Wildman–Crippen LogP) is 4.17. The summed E-state index contributed by atoms with van der Waals surface area (Å²) in [5, 5.41) is 4.33. The third kappa shape index (κ3) is 4.41. The largest absolute Gasteiger partial charge is 0.489 e. The zero-order valence-electron chi connectivity index (χ0n) is 15.0. The molecule has 1 atom stereocenters. The van der Waals surface area contributed by atoms with E-state index in [-0.39, 0.29) is 11.7 Å². The van der Waals surface area contributed by atoms with E-state index in [1.807, 2.05) is 6.07 Å². The van der Waals surface area contributed by atoms with Crippen molar-refractivity contribution in [2.75, 3.05) is 18.5 Å². The van der Waals surface area contributed by atoms with Crippen LogP contribution in [0.1, 0.15) is 18.5 Å². The molecule has 1 aliphatic heterocycles. The Bertz CT molecular complexity index is 1050. The molecule has 0 saturated carbocycles. The standard InChI is InChI=1S/C20H19Cl2N3O3/c21-13-3-5-18(28-12-16-2-1-7-27-16)17(8-13)23-10-15-9-20(26)25-11-14(22)4-6-19(25)24-15/h3-6,8-9,11,16,23H,1-2,7,10,12H2. The second-order valence-corrected chi connectivity index (χ2v) is 7.47. The molecule has 6 nitrogen and oxygen atoms in total. The molecule has 3 heterocycles. The molecule has 0 bridgehead atoms. The van der Waals surface area contributed by atoms with Gasteiger partial charge in [-0.2, -0.15) is 0 Å². The molecule has 0 amide bonds. The molecule has 1 saturated heterocycles. The highest BCUT2D eigenvalue weighted by molar-refractivity contribution is 6.31. The Morgan fingerprint density at radius 1 is 1.21 bits per heavy atom. The van der Waals surface area contributed by atoms with Crippen molar-refractivity contribution in [2.24, 2.45) is 0 Å². The first kappa shape index (κ1) is 19.1. The molecule has 1 unspecified atom stereocenters. The van der Waals surface area contributed by atoms with E-state index >= 15 is 0 Å². The minimum atomic E-state index is -0.190. The highest BCUT2D eigenvalue weighted by atomic mass is 35.5. The van der Waals surface area contributed by atoms with Crippen molar-refractivity contribution in [1.29, 1.82) is 0 Å². The van der Waals surface area contributed by atoms with Gasteiger partial charge in [-0.15, -0.1) is 0 Å². The lowest BCUT2D eigenvalue weighted by Gasteiger charge is -2.16. The SMILES string of the molecule is O=c1cc(CNc2cc(Cl)ccc2OCC2CCCO2)nc2ccc(Cl)cn12. The Balaban J connectivity index is 1.51. The van der Waals surface area contributed by atoms with Crippen molar-refractivity contribution in [1.82, 2.24) is 9.38 Å². The zero-order chi connectivity index (χ0) is 19.5. The molecule has 1 fully saturated rings. The summed E-state index contributed by atoms with van der Waals surface area (Å²) < 4.78 is 12.9. The summed E-state index contributed by atoms with van der Waals surface area (Å²) in [6, 6.07) is 10.3. The van der Waals surface area contributed by atoms with Crippen molar-refractivity contribution in [3.05, 3.63) is 68.7 Å².